The van der Waals surface area contributed by atoms with Gasteiger partial charge < -0.3 is 10.1 Å². The molecule has 1 saturated heterocycles. The van der Waals surface area contributed by atoms with Gasteiger partial charge in [-0.15, -0.1) is 0 Å². The van der Waals surface area contributed by atoms with Gasteiger partial charge in [-0.25, -0.2) is 23.2 Å². The Labute approximate surface area is 177 Å². The Morgan fingerprint density at radius 2 is 1.83 bits per heavy atom. The maximum Gasteiger partial charge on any atom is 0.328 e. The number of esters is 1. The third-order valence-corrected chi connectivity index (χ3v) is 6.53. The van der Waals surface area contributed by atoms with Gasteiger partial charge in [-0.3, -0.25) is 4.90 Å². The molecule has 1 aliphatic heterocycles. The van der Waals surface area contributed by atoms with Gasteiger partial charge in [0, 0.05) is 31.6 Å². The zero-order valence-electron chi connectivity index (χ0n) is 17.8. The van der Waals surface area contributed by atoms with Crippen molar-refractivity contribution in [2.45, 2.75) is 26.4 Å². The first-order valence-corrected chi connectivity index (χ1v) is 11.8. The standard InChI is InChI=1S/C20H29N5O4S/c1-14(2)18(20(26)29-3)23-19-15-7-5-6-8-16(15)21-17(22-19)13-24-9-11-25(12-10-24)30(4,27)28/h5-8,14,18H,9-13H2,1-4H3,(H,21,22,23)/t18-/m0/s1. The topological polar surface area (TPSA) is 105 Å². The van der Waals surface area contributed by atoms with Crippen molar-refractivity contribution in [1.29, 1.82) is 0 Å². The van der Waals surface area contributed by atoms with Crippen molar-refractivity contribution >= 4 is 32.7 Å². The van der Waals surface area contributed by atoms with Gasteiger partial charge in [0.2, 0.25) is 10.0 Å². The Balaban J connectivity index is 1.84. The molecule has 1 aromatic carbocycles. The first-order chi connectivity index (χ1) is 14.2. The Kier molecular flexibility index (Phi) is 6.89. The molecule has 0 radical (unpaired) electrons. The fourth-order valence-corrected chi connectivity index (χ4v) is 4.32. The van der Waals surface area contributed by atoms with E-state index >= 15 is 0 Å². The van der Waals surface area contributed by atoms with Gasteiger partial charge in [0.1, 0.15) is 17.7 Å². The molecule has 0 aliphatic carbocycles. The Morgan fingerprint density at radius 1 is 1.17 bits per heavy atom. The maximum atomic E-state index is 12.2. The molecule has 0 spiro atoms. The van der Waals surface area contributed by atoms with Gasteiger partial charge in [0.25, 0.3) is 0 Å². The summed E-state index contributed by atoms with van der Waals surface area (Å²) in [4.78, 5) is 23.7. The lowest BCUT2D eigenvalue weighted by atomic mass is 10.0. The predicted octanol–water partition coefficient (Wildman–Crippen LogP) is 1.32. The third-order valence-electron chi connectivity index (χ3n) is 5.23. The van der Waals surface area contributed by atoms with Gasteiger partial charge in [-0.1, -0.05) is 26.0 Å². The number of aromatic nitrogens is 2. The van der Waals surface area contributed by atoms with E-state index in [1.807, 2.05) is 38.1 Å². The lowest BCUT2D eigenvalue weighted by Crippen LogP contribution is -2.48. The Morgan fingerprint density at radius 3 is 2.43 bits per heavy atom. The highest BCUT2D eigenvalue weighted by atomic mass is 32.2. The number of piperazine rings is 1. The summed E-state index contributed by atoms with van der Waals surface area (Å²) in [5, 5.41) is 4.08. The fourth-order valence-electron chi connectivity index (χ4n) is 3.50. The predicted molar refractivity (Wildman–Crippen MR) is 115 cm³/mol. The number of nitrogens with zero attached hydrogens (tertiary/aromatic N) is 4. The van der Waals surface area contributed by atoms with Crippen LogP contribution in [0.5, 0.6) is 0 Å². The summed E-state index contributed by atoms with van der Waals surface area (Å²) in [5.41, 5.74) is 0.784. The number of fused-ring (bicyclic) bond motifs is 1. The minimum absolute atomic E-state index is 0.0127. The number of hydrogen-bond acceptors (Lipinski definition) is 8. The summed E-state index contributed by atoms with van der Waals surface area (Å²) < 4.78 is 29.9. The van der Waals surface area contributed by atoms with Crippen LogP contribution in [-0.4, -0.2) is 79.1 Å². The number of sulfonamides is 1. The van der Waals surface area contributed by atoms with Gasteiger partial charge in [0.05, 0.1) is 25.4 Å². The number of carbonyl (C=O) groups excluding carboxylic acids is 1. The molecule has 3 rings (SSSR count). The highest BCUT2D eigenvalue weighted by Crippen LogP contribution is 2.23. The minimum atomic E-state index is -3.17. The molecule has 0 saturated carbocycles. The second kappa shape index (κ2) is 9.23. The SMILES string of the molecule is COC(=O)[C@@H](Nc1nc(CN2CCN(S(C)(=O)=O)CC2)nc2ccccc12)C(C)C. The number of anilines is 1. The van der Waals surface area contributed by atoms with Crippen LogP contribution in [-0.2, 0) is 26.1 Å². The van der Waals surface area contributed by atoms with Crippen molar-refractivity contribution < 1.29 is 17.9 Å². The molecule has 2 aromatic rings. The molecule has 164 valence electrons. The van der Waals surface area contributed by atoms with E-state index in [0.29, 0.717) is 44.4 Å². The van der Waals surface area contributed by atoms with Crippen molar-refractivity contribution in [3.8, 4) is 0 Å². The van der Waals surface area contributed by atoms with E-state index < -0.39 is 16.1 Å². The van der Waals surface area contributed by atoms with E-state index in [1.54, 1.807) is 0 Å². The number of para-hydroxylation sites is 1. The Bertz CT molecular complexity index is 1000. The molecule has 9 nitrogen and oxygen atoms in total. The molecule has 2 heterocycles. The normalized spacial score (nSPS) is 17.2. The van der Waals surface area contributed by atoms with Crippen LogP contribution in [0.2, 0.25) is 0 Å². The summed E-state index contributed by atoms with van der Waals surface area (Å²) in [6, 6.07) is 7.12. The molecular weight excluding hydrogens is 406 g/mol. The van der Waals surface area contributed by atoms with E-state index in [9.17, 15) is 13.2 Å². The fraction of sp³-hybridized carbons (Fsp3) is 0.550. The maximum absolute atomic E-state index is 12.2. The number of carbonyl (C=O) groups is 1. The number of ether oxygens (including phenoxy) is 1. The van der Waals surface area contributed by atoms with E-state index in [-0.39, 0.29) is 11.9 Å². The minimum Gasteiger partial charge on any atom is -0.467 e. The van der Waals surface area contributed by atoms with E-state index in [1.165, 1.54) is 17.7 Å². The third kappa shape index (κ3) is 5.24. The van der Waals surface area contributed by atoms with Gasteiger partial charge >= 0.3 is 5.97 Å². The van der Waals surface area contributed by atoms with Crippen molar-refractivity contribution in [3.05, 3.63) is 30.1 Å². The molecule has 0 unspecified atom stereocenters. The number of methoxy groups -OCH3 is 1. The zero-order chi connectivity index (χ0) is 21.9. The Hall–Kier alpha value is -2.30. The van der Waals surface area contributed by atoms with Gasteiger partial charge in [0.15, 0.2) is 0 Å². The van der Waals surface area contributed by atoms with E-state index in [2.05, 4.69) is 15.2 Å². The van der Waals surface area contributed by atoms with Crippen LogP contribution >= 0.6 is 0 Å². The number of nitrogens with one attached hydrogen (secondary N) is 1. The average molecular weight is 436 g/mol. The zero-order valence-corrected chi connectivity index (χ0v) is 18.6. The van der Waals surface area contributed by atoms with Crippen LogP contribution < -0.4 is 5.32 Å². The van der Waals surface area contributed by atoms with Crippen molar-refractivity contribution in [1.82, 2.24) is 19.2 Å². The first kappa shape index (κ1) is 22.4. The van der Waals surface area contributed by atoms with Crippen LogP contribution in [0.25, 0.3) is 10.9 Å². The molecule has 0 amide bonds. The second-order valence-electron chi connectivity index (χ2n) is 7.83. The van der Waals surface area contributed by atoms with E-state index in [0.717, 1.165) is 10.9 Å². The van der Waals surface area contributed by atoms with Crippen molar-refractivity contribution in [3.63, 3.8) is 0 Å². The molecule has 1 fully saturated rings. The van der Waals surface area contributed by atoms with Gasteiger partial charge in [-0.05, 0) is 18.1 Å². The molecular formula is C20H29N5O4S. The van der Waals surface area contributed by atoms with Crippen LogP contribution in [0, 0.1) is 5.92 Å². The lowest BCUT2D eigenvalue weighted by molar-refractivity contribution is -0.142. The van der Waals surface area contributed by atoms with Crippen LogP contribution in [0.1, 0.15) is 19.7 Å². The van der Waals surface area contributed by atoms with Crippen LogP contribution in [0.15, 0.2) is 24.3 Å². The largest absolute Gasteiger partial charge is 0.467 e. The number of benzene rings is 1. The molecule has 1 aromatic heterocycles. The summed E-state index contributed by atoms with van der Waals surface area (Å²) in [6.07, 6.45) is 1.24. The molecule has 0 bridgehead atoms. The molecule has 30 heavy (non-hydrogen) atoms. The first-order valence-electron chi connectivity index (χ1n) is 9.96. The second-order valence-corrected chi connectivity index (χ2v) is 9.82. The molecule has 10 heteroatoms. The highest BCUT2D eigenvalue weighted by molar-refractivity contribution is 7.88. The smallest absolute Gasteiger partial charge is 0.328 e. The van der Waals surface area contributed by atoms with E-state index in [4.69, 9.17) is 9.72 Å². The molecule has 1 N–H and O–H groups in total. The van der Waals surface area contributed by atoms with Crippen molar-refractivity contribution in [2.75, 3.05) is 44.9 Å². The molecule has 1 aliphatic rings. The monoisotopic (exact) mass is 435 g/mol. The highest BCUT2D eigenvalue weighted by Gasteiger charge is 2.26. The summed E-state index contributed by atoms with van der Waals surface area (Å²) in [6.45, 7) is 6.53. The van der Waals surface area contributed by atoms with Crippen LogP contribution in [0.3, 0.4) is 0 Å². The summed E-state index contributed by atoms with van der Waals surface area (Å²) in [7, 11) is -1.79. The average Bonchev–Trinajstić information content (AvgIpc) is 2.70. The quantitative estimate of drug-likeness (QED) is 0.649. The van der Waals surface area contributed by atoms with Gasteiger partial charge in [-0.2, -0.15) is 4.31 Å². The summed E-state index contributed by atoms with van der Waals surface area (Å²) >= 11 is 0. The number of hydrogen-bond donors (Lipinski definition) is 1. The lowest BCUT2D eigenvalue weighted by Gasteiger charge is -2.32. The van der Waals surface area contributed by atoms with Crippen molar-refractivity contribution in [2.24, 2.45) is 5.92 Å². The number of rotatable bonds is 7. The molecule has 1 atom stereocenters. The summed E-state index contributed by atoms with van der Waals surface area (Å²) in [5.74, 6) is 0.885. The van der Waals surface area contributed by atoms with Crippen LogP contribution in [0.4, 0.5) is 5.82 Å².